The number of hydrogen-bond donors (Lipinski definition) is 4. The Hall–Kier alpha value is -3.22. The largest absolute Gasteiger partial charge is 0.504 e. The van der Waals surface area contributed by atoms with Gasteiger partial charge in [0.2, 0.25) is 0 Å². The van der Waals surface area contributed by atoms with Crippen LogP contribution < -0.4 is 4.74 Å². The van der Waals surface area contributed by atoms with Crippen LogP contribution in [0.3, 0.4) is 0 Å². The number of aliphatic carboxylic acids is 1. The number of ether oxygens (including phenoxy) is 1. The van der Waals surface area contributed by atoms with E-state index in [4.69, 9.17) is 9.84 Å². The molecule has 2 rings (SSSR count). The zero-order valence-electron chi connectivity index (χ0n) is 13.3. The predicted octanol–water partition coefficient (Wildman–Crippen LogP) is 2.36. The average Bonchev–Trinajstić information content (AvgIpc) is 2.56. The number of phenols is 3. The van der Waals surface area contributed by atoms with E-state index >= 15 is 0 Å². The van der Waals surface area contributed by atoms with Crippen LogP contribution in [0.5, 0.6) is 23.0 Å². The van der Waals surface area contributed by atoms with Gasteiger partial charge in [-0.3, -0.25) is 9.59 Å². The van der Waals surface area contributed by atoms with Crippen LogP contribution in [-0.4, -0.2) is 32.4 Å². The minimum absolute atomic E-state index is 0.00298. The van der Waals surface area contributed by atoms with Crippen molar-refractivity contribution in [3.63, 3.8) is 0 Å². The second kappa shape index (κ2) is 8.05. The maximum absolute atomic E-state index is 11.9. The highest BCUT2D eigenvalue weighted by atomic mass is 16.5. The number of esters is 1. The third-order valence-corrected chi connectivity index (χ3v) is 3.53. The van der Waals surface area contributed by atoms with E-state index in [0.29, 0.717) is 11.1 Å². The normalized spacial score (nSPS) is 10.4. The van der Waals surface area contributed by atoms with Crippen molar-refractivity contribution >= 4 is 11.9 Å². The Kier molecular flexibility index (Phi) is 5.84. The molecule has 0 heterocycles. The maximum Gasteiger partial charge on any atom is 0.311 e. The van der Waals surface area contributed by atoms with Crippen LogP contribution in [0.2, 0.25) is 0 Å². The van der Waals surface area contributed by atoms with Gasteiger partial charge in [0.15, 0.2) is 23.0 Å². The summed E-state index contributed by atoms with van der Waals surface area (Å²) in [4.78, 5) is 22.5. The number of carbonyl (C=O) groups is 2. The minimum atomic E-state index is -0.941. The third kappa shape index (κ3) is 5.42. The van der Waals surface area contributed by atoms with Crippen LogP contribution >= 0.6 is 0 Å². The van der Waals surface area contributed by atoms with Crippen molar-refractivity contribution in [2.45, 2.75) is 25.7 Å². The smallest absolute Gasteiger partial charge is 0.311 e. The van der Waals surface area contributed by atoms with Gasteiger partial charge in [-0.1, -0.05) is 12.1 Å². The molecule has 7 heteroatoms. The summed E-state index contributed by atoms with van der Waals surface area (Å²) in [6, 6.07) is 8.60. The quantitative estimate of drug-likeness (QED) is 0.344. The molecule has 132 valence electrons. The molecule has 2 aromatic carbocycles. The summed E-state index contributed by atoms with van der Waals surface area (Å²) in [5.74, 6) is -2.28. The predicted molar refractivity (Wildman–Crippen MR) is 87.8 cm³/mol. The molecule has 0 aliphatic rings. The lowest BCUT2D eigenvalue weighted by atomic mass is 10.1. The first-order chi connectivity index (χ1) is 11.8. The standard InChI is InChI=1S/C18H18O7/c19-13-5-1-11(9-15(13)21)4-8-18(24)25-16-10-12(2-6-14(16)20)3-7-17(22)23/h1-2,5-6,9-10,19-21H,3-4,7-8H2,(H,22,23). The second-order valence-corrected chi connectivity index (χ2v) is 5.49. The molecule has 0 amide bonds. The molecular weight excluding hydrogens is 328 g/mol. The molecule has 7 nitrogen and oxygen atoms in total. The topological polar surface area (TPSA) is 124 Å². The van der Waals surface area contributed by atoms with Crippen LogP contribution in [0.25, 0.3) is 0 Å². The Balaban J connectivity index is 1.96. The first kappa shape index (κ1) is 18.1. The summed E-state index contributed by atoms with van der Waals surface area (Å²) in [7, 11) is 0. The van der Waals surface area contributed by atoms with Gasteiger partial charge in [-0.05, 0) is 48.2 Å². The van der Waals surface area contributed by atoms with E-state index in [1.807, 2.05) is 0 Å². The van der Waals surface area contributed by atoms with E-state index in [2.05, 4.69) is 0 Å². The fourth-order valence-electron chi connectivity index (χ4n) is 2.19. The fraction of sp³-hybridized carbons (Fsp3) is 0.222. The van der Waals surface area contributed by atoms with Gasteiger partial charge < -0.3 is 25.2 Å². The molecule has 2 aromatic rings. The summed E-state index contributed by atoms with van der Waals surface area (Å²) in [5.41, 5.74) is 1.28. The molecule has 0 unspecified atom stereocenters. The Bertz CT molecular complexity index is 783. The Morgan fingerprint density at radius 3 is 2.04 bits per heavy atom. The van der Waals surface area contributed by atoms with Crippen LogP contribution in [0.1, 0.15) is 24.0 Å². The van der Waals surface area contributed by atoms with Crippen molar-refractivity contribution in [3.8, 4) is 23.0 Å². The molecule has 0 aliphatic heterocycles. The molecule has 0 radical (unpaired) electrons. The molecule has 0 saturated heterocycles. The number of rotatable bonds is 7. The summed E-state index contributed by atoms with van der Waals surface area (Å²) < 4.78 is 5.12. The molecular formula is C18H18O7. The van der Waals surface area contributed by atoms with Gasteiger partial charge in [0.25, 0.3) is 0 Å². The summed E-state index contributed by atoms with van der Waals surface area (Å²) in [5, 5.41) is 37.1. The number of phenolic OH excluding ortho intramolecular Hbond substituents is 3. The third-order valence-electron chi connectivity index (χ3n) is 3.53. The monoisotopic (exact) mass is 346 g/mol. The SMILES string of the molecule is O=C(O)CCc1ccc(O)c(OC(=O)CCc2ccc(O)c(O)c2)c1. The highest BCUT2D eigenvalue weighted by Gasteiger charge is 2.11. The number of aromatic hydroxyl groups is 3. The van der Waals surface area contributed by atoms with E-state index < -0.39 is 11.9 Å². The Morgan fingerprint density at radius 2 is 1.40 bits per heavy atom. The van der Waals surface area contributed by atoms with Gasteiger partial charge in [0.05, 0.1) is 0 Å². The molecule has 25 heavy (non-hydrogen) atoms. The molecule has 0 bridgehead atoms. The first-order valence-electron chi connectivity index (χ1n) is 7.60. The minimum Gasteiger partial charge on any atom is -0.504 e. The number of benzene rings is 2. The van der Waals surface area contributed by atoms with Crippen molar-refractivity contribution in [1.82, 2.24) is 0 Å². The van der Waals surface area contributed by atoms with E-state index in [0.717, 1.165) is 0 Å². The van der Waals surface area contributed by atoms with Crippen LogP contribution in [0.4, 0.5) is 0 Å². The second-order valence-electron chi connectivity index (χ2n) is 5.49. The van der Waals surface area contributed by atoms with Gasteiger partial charge in [0.1, 0.15) is 0 Å². The zero-order chi connectivity index (χ0) is 18.4. The maximum atomic E-state index is 11.9. The number of aryl methyl sites for hydroxylation is 2. The molecule has 0 spiro atoms. The Morgan fingerprint density at radius 1 is 0.800 bits per heavy atom. The van der Waals surface area contributed by atoms with Crippen LogP contribution in [0, 0.1) is 0 Å². The molecule has 4 N–H and O–H groups in total. The summed E-state index contributed by atoms with van der Waals surface area (Å²) in [6.07, 6.45) is 0.477. The van der Waals surface area contributed by atoms with Crippen molar-refractivity contribution < 1.29 is 34.8 Å². The molecule has 0 fully saturated rings. The van der Waals surface area contributed by atoms with Gasteiger partial charge in [0, 0.05) is 12.8 Å². The highest BCUT2D eigenvalue weighted by molar-refractivity contribution is 5.73. The summed E-state index contributed by atoms with van der Waals surface area (Å²) in [6.45, 7) is 0. The molecule has 0 saturated carbocycles. The highest BCUT2D eigenvalue weighted by Crippen LogP contribution is 2.28. The van der Waals surface area contributed by atoms with Crippen LogP contribution in [-0.2, 0) is 22.4 Å². The molecule has 0 aliphatic carbocycles. The van der Waals surface area contributed by atoms with Gasteiger partial charge in [-0.2, -0.15) is 0 Å². The lowest BCUT2D eigenvalue weighted by molar-refractivity contribution is -0.137. The zero-order valence-corrected chi connectivity index (χ0v) is 13.3. The number of carboxylic acid groups (broad SMARTS) is 1. The molecule has 0 atom stereocenters. The van der Waals surface area contributed by atoms with Gasteiger partial charge >= 0.3 is 11.9 Å². The van der Waals surface area contributed by atoms with E-state index in [-0.39, 0.29) is 48.7 Å². The number of hydrogen-bond acceptors (Lipinski definition) is 6. The van der Waals surface area contributed by atoms with Gasteiger partial charge in [-0.15, -0.1) is 0 Å². The van der Waals surface area contributed by atoms with Crippen LogP contribution in [0.15, 0.2) is 36.4 Å². The number of carboxylic acids is 1. The Labute approximate surface area is 143 Å². The van der Waals surface area contributed by atoms with Crippen molar-refractivity contribution in [1.29, 1.82) is 0 Å². The van der Waals surface area contributed by atoms with E-state index in [9.17, 15) is 24.9 Å². The van der Waals surface area contributed by atoms with E-state index in [1.165, 1.54) is 24.3 Å². The summed E-state index contributed by atoms with van der Waals surface area (Å²) >= 11 is 0. The lowest BCUT2D eigenvalue weighted by Gasteiger charge is -2.09. The number of carbonyl (C=O) groups excluding carboxylic acids is 1. The van der Waals surface area contributed by atoms with Crippen molar-refractivity contribution in [3.05, 3.63) is 47.5 Å². The average molecular weight is 346 g/mol. The molecule has 0 aromatic heterocycles. The fourth-order valence-corrected chi connectivity index (χ4v) is 2.19. The van der Waals surface area contributed by atoms with E-state index in [1.54, 1.807) is 12.1 Å². The first-order valence-corrected chi connectivity index (χ1v) is 7.60. The van der Waals surface area contributed by atoms with Gasteiger partial charge in [-0.25, -0.2) is 0 Å². The van der Waals surface area contributed by atoms with Crippen molar-refractivity contribution in [2.75, 3.05) is 0 Å². The lowest BCUT2D eigenvalue weighted by Crippen LogP contribution is -2.09. The van der Waals surface area contributed by atoms with Crippen molar-refractivity contribution in [2.24, 2.45) is 0 Å².